The molecule has 0 aliphatic carbocycles. The maximum absolute atomic E-state index is 12.8. The van der Waals surface area contributed by atoms with Crippen molar-refractivity contribution in [3.63, 3.8) is 0 Å². The first-order valence-electron chi connectivity index (χ1n) is 9.03. The number of para-hydroxylation sites is 1. The summed E-state index contributed by atoms with van der Waals surface area (Å²) in [7, 11) is -0.341. The molecule has 1 heterocycles. The van der Waals surface area contributed by atoms with Gasteiger partial charge in [-0.2, -0.15) is 0 Å². The van der Waals surface area contributed by atoms with Gasteiger partial charge in [-0.05, 0) is 62.3 Å². The van der Waals surface area contributed by atoms with E-state index in [0.717, 1.165) is 25.9 Å². The molecule has 1 N–H and O–H groups in total. The van der Waals surface area contributed by atoms with Crippen molar-refractivity contribution in [3.8, 4) is 0 Å². The van der Waals surface area contributed by atoms with E-state index in [4.69, 9.17) is 0 Å². The fraction of sp³-hybridized carbons (Fsp3) is 0.350. The second-order valence-corrected chi connectivity index (χ2v) is 8.70. The third kappa shape index (κ3) is 4.14. The number of carbonyl (C=O) groups excluding carboxylic acids is 1. The van der Waals surface area contributed by atoms with Crippen LogP contribution in [0.5, 0.6) is 0 Å². The molecule has 2 aromatic rings. The molecule has 0 bridgehead atoms. The van der Waals surface area contributed by atoms with E-state index >= 15 is 0 Å². The van der Waals surface area contributed by atoms with Crippen molar-refractivity contribution < 1.29 is 13.2 Å². The van der Waals surface area contributed by atoms with E-state index in [1.165, 1.54) is 23.5 Å². The van der Waals surface area contributed by atoms with Crippen LogP contribution in [0.2, 0.25) is 0 Å². The highest BCUT2D eigenvalue weighted by atomic mass is 32.2. The van der Waals surface area contributed by atoms with Gasteiger partial charge in [0.15, 0.2) is 0 Å². The van der Waals surface area contributed by atoms with Crippen LogP contribution in [0.3, 0.4) is 0 Å². The summed E-state index contributed by atoms with van der Waals surface area (Å²) < 4.78 is 26.9. The predicted octanol–water partition coefficient (Wildman–Crippen LogP) is 2.34. The van der Waals surface area contributed by atoms with Gasteiger partial charge in [-0.25, -0.2) is 8.42 Å². The highest BCUT2D eigenvalue weighted by molar-refractivity contribution is 7.92. The average Bonchev–Trinajstić information content (AvgIpc) is 2.73. The molecule has 1 amide bonds. The van der Waals surface area contributed by atoms with Crippen LogP contribution < -0.4 is 9.62 Å². The SMILES string of the molecule is CN(C(=O)c1ccc(S(=O)(=O)N(C)c2ccccc2)cc1)C1CCNCC1. The number of piperidine rings is 1. The Morgan fingerprint density at radius 3 is 2.15 bits per heavy atom. The first-order chi connectivity index (χ1) is 12.9. The summed E-state index contributed by atoms with van der Waals surface area (Å²) in [6, 6.07) is 15.3. The summed E-state index contributed by atoms with van der Waals surface area (Å²) in [5.74, 6) is -0.0812. The minimum atomic E-state index is -3.68. The van der Waals surface area contributed by atoms with Gasteiger partial charge in [-0.1, -0.05) is 18.2 Å². The first-order valence-corrected chi connectivity index (χ1v) is 10.5. The molecule has 27 heavy (non-hydrogen) atoms. The van der Waals surface area contributed by atoms with Crippen molar-refractivity contribution in [1.29, 1.82) is 0 Å². The van der Waals surface area contributed by atoms with E-state index in [1.807, 2.05) is 13.1 Å². The van der Waals surface area contributed by atoms with Gasteiger partial charge in [0, 0.05) is 25.7 Å². The van der Waals surface area contributed by atoms with Crippen LogP contribution >= 0.6 is 0 Å². The summed E-state index contributed by atoms with van der Waals surface area (Å²) in [5, 5.41) is 3.29. The zero-order chi connectivity index (χ0) is 19.4. The summed E-state index contributed by atoms with van der Waals surface area (Å²) in [5.41, 5.74) is 1.08. The number of sulfonamides is 1. The Balaban J connectivity index is 1.77. The van der Waals surface area contributed by atoms with Gasteiger partial charge in [0.2, 0.25) is 0 Å². The van der Waals surface area contributed by atoms with Crippen molar-refractivity contribution in [2.75, 3.05) is 31.5 Å². The first kappa shape index (κ1) is 19.4. The van der Waals surface area contributed by atoms with Crippen LogP contribution in [0, 0.1) is 0 Å². The summed E-state index contributed by atoms with van der Waals surface area (Å²) in [4.78, 5) is 14.6. The van der Waals surface area contributed by atoms with Crippen LogP contribution in [0.25, 0.3) is 0 Å². The fourth-order valence-corrected chi connectivity index (χ4v) is 4.46. The smallest absolute Gasteiger partial charge is 0.264 e. The number of carbonyl (C=O) groups is 1. The third-order valence-electron chi connectivity index (χ3n) is 5.06. The van der Waals surface area contributed by atoms with Gasteiger partial charge in [0.1, 0.15) is 0 Å². The second-order valence-electron chi connectivity index (χ2n) is 6.73. The standard InChI is InChI=1S/C20H25N3O3S/c1-22(17-12-14-21-15-13-17)20(24)16-8-10-19(11-9-16)27(25,26)23(2)18-6-4-3-5-7-18/h3-11,17,21H,12-15H2,1-2H3. The Kier molecular flexibility index (Phi) is 5.82. The van der Waals surface area contributed by atoms with Crippen LogP contribution in [0.1, 0.15) is 23.2 Å². The molecule has 1 saturated heterocycles. The Morgan fingerprint density at radius 2 is 1.56 bits per heavy atom. The van der Waals surface area contributed by atoms with E-state index in [9.17, 15) is 13.2 Å². The van der Waals surface area contributed by atoms with Gasteiger partial charge in [0.05, 0.1) is 10.6 Å². The summed E-state index contributed by atoms with van der Waals surface area (Å²) in [6.45, 7) is 1.82. The minimum absolute atomic E-state index is 0.0812. The van der Waals surface area contributed by atoms with E-state index < -0.39 is 10.0 Å². The molecule has 144 valence electrons. The molecule has 0 aromatic heterocycles. The Morgan fingerprint density at radius 1 is 0.963 bits per heavy atom. The zero-order valence-corrected chi connectivity index (χ0v) is 16.4. The molecule has 1 aliphatic rings. The van der Waals surface area contributed by atoms with Crippen LogP contribution in [-0.4, -0.2) is 52.5 Å². The summed E-state index contributed by atoms with van der Waals surface area (Å²) >= 11 is 0. The Labute approximate surface area is 160 Å². The topological polar surface area (TPSA) is 69.7 Å². The van der Waals surface area contributed by atoms with Gasteiger partial charge in [0.25, 0.3) is 15.9 Å². The lowest BCUT2D eigenvalue weighted by Gasteiger charge is -2.31. The molecule has 1 fully saturated rings. The second kappa shape index (κ2) is 8.10. The lowest BCUT2D eigenvalue weighted by Crippen LogP contribution is -2.43. The van der Waals surface area contributed by atoms with Gasteiger partial charge in [-0.15, -0.1) is 0 Å². The molecule has 2 aromatic carbocycles. The molecule has 7 heteroatoms. The number of anilines is 1. The van der Waals surface area contributed by atoms with Crippen molar-refractivity contribution in [2.45, 2.75) is 23.8 Å². The highest BCUT2D eigenvalue weighted by Gasteiger charge is 2.24. The molecule has 1 aliphatic heterocycles. The predicted molar refractivity (Wildman–Crippen MR) is 106 cm³/mol. The Bertz CT molecular complexity index is 876. The number of benzene rings is 2. The molecule has 0 saturated carbocycles. The van der Waals surface area contributed by atoms with Gasteiger partial charge >= 0.3 is 0 Å². The molecular weight excluding hydrogens is 362 g/mol. The number of hydrogen-bond donors (Lipinski definition) is 1. The lowest BCUT2D eigenvalue weighted by atomic mass is 10.0. The fourth-order valence-electron chi connectivity index (χ4n) is 3.27. The monoisotopic (exact) mass is 387 g/mol. The molecule has 6 nitrogen and oxygen atoms in total. The maximum atomic E-state index is 12.8. The normalized spacial score (nSPS) is 15.3. The molecule has 0 spiro atoms. The van der Waals surface area contributed by atoms with Gasteiger partial charge in [-0.3, -0.25) is 9.10 Å². The molecule has 0 atom stereocenters. The number of nitrogens with zero attached hydrogens (tertiary/aromatic N) is 2. The van der Waals surface area contributed by atoms with Crippen LogP contribution in [0.15, 0.2) is 59.5 Å². The van der Waals surface area contributed by atoms with Crippen LogP contribution in [0.4, 0.5) is 5.69 Å². The maximum Gasteiger partial charge on any atom is 0.264 e. The third-order valence-corrected chi connectivity index (χ3v) is 6.86. The van der Waals surface area contributed by atoms with E-state index in [-0.39, 0.29) is 16.8 Å². The largest absolute Gasteiger partial charge is 0.339 e. The highest BCUT2D eigenvalue weighted by Crippen LogP contribution is 2.22. The van der Waals surface area contributed by atoms with Crippen molar-refractivity contribution in [3.05, 3.63) is 60.2 Å². The van der Waals surface area contributed by atoms with E-state index in [1.54, 1.807) is 41.3 Å². The van der Waals surface area contributed by atoms with Crippen LogP contribution in [-0.2, 0) is 10.0 Å². The zero-order valence-electron chi connectivity index (χ0n) is 15.6. The van der Waals surface area contributed by atoms with Crippen molar-refractivity contribution in [1.82, 2.24) is 10.2 Å². The van der Waals surface area contributed by atoms with Crippen molar-refractivity contribution in [2.24, 2.45) is 0 Å². The summed E-state index contributed by atoms with van der Waals surface area (Å²) in [6.07, 6.45) is 1.85. The van der Waals surface area contributed by atoms with E-state index in [2.05, 4.69) is 5.32 Å². The van der Waals surface area contributed by atoms with E-state index in [0.29, 0.717) is 11.3 Å². The van der Waals surface area contributed by atoms with Crippen molar-refractivity contribution >= 4 is 21.6 Å². The molecular formula is C20H25N3O3S. The number of rotatable bonds is 5. The number of hydrogen-bond acceptors (Lipinski definition) is 4. The van der Waals surface area contributed by atoms with Gasteiger partial charge < -0.3 is 10.2 Å². The quantitative estimate of drug-likeness (QED) is 0.855. The molecule has 0 unspecified atom stereocenters. The number of nitrogens with one attached hydrogen (secondary N) is 1. The molecule has 0 radical (unpaired) electrons. The Hall–Kier alpha value is -2.38. The minimum Gasteiger partial charge on any atom is -0.339 e. The number of amides is 1. The molecule has 3 rings (SSSR count). The average molecular weight is 388 g/mol. The lowest BCUT2D eigenvalue weighted by molar-refractivity contribution is 0.0703.